The highest BCUT2D eigenvalue weighted by molar-refractivity contribution is 5.43. The number of benzene rings is 1. The Labute approximate surface area is 114 Å². The summed E-state index contributed by atoms with van der Waals surface area (Å²) in [5.41, 5.74) is 6.27. The molecule has 1 aliphatic rings. The van der Waals surface area contributed by atoms with Gasteiger partial charge in [0, 0.05) is 12.6 Å². The van der Waals surface area contributed by atoms with Crippen LogP contribution in [0.25, 0.3) is 0 Å². The maximum atomic E-state index is 13.1. The Morgan fingerprint density at radius 2 is 1.95 bits per heavy atom. The van der Waals surface area contributed by atoms with Crippen LogP contribution < -0.4 is 11.1 Å². The summed E-state index contributed by atoms with van der Waals surface area (Å²) in [6.45, 7) is 0.496. The Hall–Kier alpha value is -1.13. The summed E-state index contributed by atoms with van der Waals surface area (Å²) in [6.07, 6.45) is 6.88. The van der Waals surface area contributed by atoms with Crippen molar-refractivity contribution in [3.63, 3.8) is 0 Å². The van der Waals surface area contributed by atoms with Crippen molar-refractivity contribution in [1.29, 1.82) is 0 Å². The lowest BCUT2D eigenvalue weighted by Crippen LogP contribution is -2.32. The molecule has 0 spiro atoms. The molecule has 0 bridgehead atoms. The molecule has 1 aromatic carbocycles. The van der Waals surface area contributed by atoms with E-state index in [1.165, 1.54) is 50.7 Å². The van der Waals surface area contributed by atoms with Gasteiger partial charge in [-0.2, -0.15) is 0 Å². The van der Waals surface area contributed by atoms with Gasteiger partial charge in [-0.15, -0.1) is 0 Å². The first-order valence-electron chi connectivity index (χ1n) is 7.13. The summed E-state index contributed by atoms with van der Waals surface area (Å²) in [4.78, 5) is 0. The molecule has 1 saturated carbocycles. The molecule has 0 saturated heterocycles. The fourth-order valence-electron chi connectivity index (χ4n) is 2.65. The lowest BCUT2D eigenvalue weighted by molar-refractivity contribution is 0.168. The summed E-state index contributed by atoms with van der Waals surface area (Å²) >= 11 is 0. The lowest BCUT2D eigenvalue weighted by atomic mass is 10.1. The normalized spacial score (nSPS) is 19.1. The van der Waals surface area contributed by atoms with Crippen LogP contribution in [0.15, 0.2) is 18.2 Å². The molecule has 1 aliphatic carbocycles. The number of aliphatic hydroxyl groups is 1. The van der Waals surface area contributed by atoms with Gasteiger partial charge in [0.05, 0.1) is 11.8 Å². The van der Waals surface area contributed by atoms with Gasteiger partial charge in [-0.3, -0.25) is 0 Å². The van der Waals surface area contributed by atoms with Crippen LogP contribution in [0.2, 0.25) is 0 Å². The number of anilines is 1. The molecule has 1 fully saturated rings. The molecule has 0 aliphatic heterocycles. The van der Waals surface area contributed by atoms with E-state index in [4.69, 9.17) is 5.73 Å². The van der Waals surface area contributed by atoms with Gasteiger partial charge in [0.2, 0.25) is 0 Å². The molecular weight excluding hydrogens is 243 g/mol. The number of rotatable bonds is 4. The van der Waals surface area contributed by atoms with E-state index in [2.05, 4.69) is 5.32 Å². The molecular formula is C15H23FN2O. The topological polar surface area (TPSA) is 58.3 Å². The summed E-state index contributed by atoms with van der Waals surface area (Å²) < 4.78 is 13.1. The monoisotopic (exact) mass is 266 g/mol. The van der Waals surface area contributed by atoms with E-state index in [1.54, 1.807) is 6.07 Å². The van der Waals surface area contributed by atoms with E-state index in [9.17, 15) is 9.50 Å². The van der Waals surface area contributed by atoms with Crippen molar-refractivity contribution in [3.05, 3.63) is 29.6 Å². The van der Waals surface area contributed by atoms with Crippen LogP contribution in [0.5, 0.6) is 0 Å². The van der Waals surface area contributed by atoms with E-state index in [-0.39, 0.29) is 5.69 Å². The number of hydrogen-bond acceptors (Lipinski definition) is 3. The van der Waals surface area contributed by atoms with E-state index in [0.29, 0.717) is 18.2 Å². The predicted molar refractivity (Wildman–Crippen MR) is 75.3 cm³/mol. The summed E-state index contributed by atoms with van der Waals surface area (Å²) in [5.74, 6) is -0.437. The fourth-order valence-corrected chi connectivity index (χ4v) is 2.65. The minimum Gasteiger partial charge on any atom is -0.396 e. The van der Waals surface area contributed by atoms with Gasteiger partial charge in [-0.1, -0.05) is 31.7 Å². The van der Waals surface area contributed by atoms with Gasteiger partial charge in [-0.25, -0.2) is 4.39 Å². The number of aliphatic hydroxyl groups excluding tert-OH is 1. The molecule has 0 aromatic heterocycles. The van der Waals surface area contributed by atoms with Crippen molar-refractivity contribution in [2.24, 2.45) is 0 Å². The molecule has 0 amide bonds. The zero-order valence-corrected chi connectivity index (χ0v) is 11.2. The second-order valence-corrected chi connectivity index (χ2v) is 5.39. The molecule has 106 valence electrons. The van der Waals surface area contributed by atoms with Crippen LogP contribution >= 0.6 is 0 Å². The SMILES string of the molecule is Nc1cc(C(O)CNC2CCCCCC2)ccc1F. The number of nitrogens with two attached hydrogens (primary N) is 1. The van der Waals surface area contributed by atoms with E-state index < -0.39 is 11.9 Å². The highest BCUT2D eigenvalue weighted by Gasteiger charge is 2.15. The molecule has 4 N–H and O–H groups in total. The van der Waals surface area contributed by atoms with Gasteiger partial charge in [0.25, 0.3) is 0 Å². The summed E-state index contributed by atoms with van der Waals surface area (Å²) in [6, 6.07) is 4.90. The number of nitrogens with one attached hydrogen (secondary N) is 1. The highest BCUT2D eigenvalue weighted by Crippen LogP contribution is 2.20. The van der Waals surface area contributed by atoms with Crippen LogP contribution in [-0.4, -0.2) is 17.7 Å². The van der Waals surface area contributed by atoms with Crippen LogP contribution in [0.4, 0.5) is 10.1 Å². The smallest absolute Gasteiger partial charge is 0.146 e. The largest absolute Gasteiger partial charge is 0.396 e. The van der Waals surface area contributed by atoms with Crippen molar-refractivity contribution in [1.82, 2.24) is 5.32 Å². The van der Waals surface area contributed by atoms with E-state index >= 15 is 0 Å². The second-order valence-electron chi connectivity index (χ2n) is 5.39. The zero-order chi connectivity index (χ0) is 13.7. The van der Waals surface area contributed by atoms with Crippen molar-refractivity contribution in [3.8, 4) is 0 Å². The first kappa shape index (κ1) is 14.3. The Bertz CT molecular complexity index is 403. The zero-order valence-electron chi connectivity index (χ0n) is 11.2. The first-order valence-corrected chi connectivity index (χ1v) is 7.13. The van der Waals surface area contributed by atoms with Gasteiger partial charge in [0.15, 0.2) is 0 Å². The third-order valence-corrected chi connectivity index (χ3v) is 3.86. The predicted octanol–water partition coefficient (Wildman–Crippen LogP) is 2.75. The number of hydrogen-bond donors (Lipinski definition) is 3. The van der Waals surface area contributed by atoms with Crippen molar-refractivity contribution in [2.45, 2.75) is 50.7 Å². The quantitative estimate of drug-likeness (QED) is 0.580. The summed E-state index contributed by atoms with van der Waals surface area (Å²) in [5, 5.41) is 13.5. The van der Waals surface area contributed by atoms with Crippen LogP contribution in [0, 0.1) is 5.82 Å². The summed E-state index contributed by atoms with van der Waals surface area (Å²) in [7, 11) is 0. The molecule has 1 aromatic rings. The maximum absolute atomic E-state index is 13.1. The average molecular weight is 266 g/mol. The average Bonchev–Trinajstić information content (AvgIpc) is 2.67. The molecule has 4 heteroatoms. The Morgan fingerprint density at radius 1 is 1.26 bits per heavy atom. The van der Waals surface area contributed by atoms with Gasteiger partial charge >= 0.3 is 0 Å². The number of halogens is 1. The third-order valence-electron chi connectivity index (χ3n) is 3.86. The minimum absolute atomic E-state index is 0.0889. The van der Waals surface area contributed by atoms with Crippen LogP contribution in [0.1, 0.15) is 50.2 Å². The Morgan fingerprint density at radius 3 is 2.58 bits per heavy atom. The van der Waals surface area contributed by atoms with Crippen molar-refractivity contribution in [2.75, 3.05) is 12.3 Å². The lowest BCUT2D eigenvalue weighted by Gasteiger charge is -2.19. The standard InChI is InChI=1S/C15H23FN2O/c16-13-8-7-11(9-14(13)17)15(19)10-18-12-5-3-1-2-4-6-12/h7-9,12,15,18-19H,1-6,10,17H2. The van der Waals surface area contributed by atoms with Crippen LogP contribution in [-0.2, 0) is 0 Å². The Balaban J connectivity index is 1.85. The minimum atomic E-state index is -0.633. The van der Waals surface area contributed by atoms with Crippen molar-refractivity contribution < 1.29 is 9.50 Å². The molecule has 0 heterocycles. The van der Waals surface area contributed by atoms with Crippen molar-refractivity contribution >= 4 is 5.69 Å². The molecule has 3 nitrogen and oxygen atoms in total. The van der Waals surface area contributed by atoms with Gasteiger partial charge in [0.1, 0.15) is 5.82 Å². The highest BCUT2D eigenvalue weighted by atomic mass is 19.1. The second kappa shape index (κ2) is 6.87. The van der Waals surface area contributed by atoms with Gasteiger partial charge < -0.3 is 16.2 Å². The maximum Gasteiger partial charge on any atom is 0.146 e. The molecule has 19 heavy (non-hydrogen) atoms. The first-order chi connectivity index (χ1) is 9.16. The molecule has 0 radical (unpaired) electrons. The fraction of sp³-hybridized carbons (Fsp3) is 0.600. The number of nitrogen functional groups attached to an aromatic ring is 1. The van der Waals surface area contributed by atoms with E-state index in [1.807, 2.05) is 0 Å². The van der Waals surface area contributed by atoms with Gasteiger partial charge in [-0.05, 0) is 30.5 Å². The van der Waals surface area contributed by atoms with E-state index in [0.717, 1.165) is 0 Å². The third kappa shape index (κ3) is 4.18. The van der Waals surface area contributed by atoms with Crippen LogP contribution in [0.3, 0.4) is 0 Å². The molecule has 2 rings (SSSR count). The molecule has 1 unspecified atom stereocenters. The molecule has 1 atom stereocenters. The Kier molecular flexibility index (Phi) is 5.16.